The van der Waals surface area contributed by atoms with Crippen LogP contribution in [0.2, 0.25) is 5.02 Å². The molecule has 140 valence electrons. The molecule has 2 aromatic rings. The number of ether oxygens (including phenoxy) is 2. The average molecular weight is 390 g/mol. The van der Waals surface area contributed by atoms with Gasteiger partial charge in [-0.3, -0.25) is 4.79 Å². The number of halogens is 2. The molecule has 6 nitrogen and oxygen atoms in total. The summed E-state index contributed by atoms with van der Waals surface area (Å²) in [5.74, 6) is -1.69. The van der Waals surface area contributed by atoms with Crippen molar-refractivity contribution in [1.29, 1.82) is 5.26 Å². The van der Waals surface area contributed by atoms with Crippen molar-refractivity contribution in [2.24, 2.45) is 5.73 Å². The molecule has 1 aliphatic heterocycles. The number of pyridine rings is 1. The molecular weight excluding hydrogens is 373 g/mol. The molecule has 1 aromatic heterocycles. The molecule has 1 aliphatic rings. The Labute approximate surface area is 160 Å². The van der Waals surface area contributed by atoms with Crippen LogP contribution in [0, 0.1) is 24.1 Å². The molecule has 0 aliphatic carbocycles. The first-order valence-electron chi connectivity index (χ1n) is 8.15. The van der Waals surface area contributed by atoms with Crippen molar-refractivity contribution in [3.05, 3.63) is 73.7 Å². The van der Waals surface area contributed by atoms with Crippen molar-refractivity contribution in [1.82, 2.24) is 4.57 Å². The number of methoxy groups -OCH3 is 1. The number of allylic oxidation sites excluding steroid dienone is 1. The molecule has 0 fully saturated rings. The minimum Gasteiger partial charge on any atom is -0.440 e. The van der Waals surface area contributed by atoms with Crippen molar-refractivity contribution >= 4 is 11.6 Å². The summed E-state index contributed by atoms with van der Waals surface area (Å²) in [6.07, 6.45) is 0. The molecule has 2 N–H and O–H groups in total. The fraction of sp³-hybridized carbons (Fsp3) is 0.263. The van der Waals surface area contributed by atoms with Gasteiger partial charge in [-0.2, -0.15) is 5.26 Å². The topological polar surface area (TPSA) is 90.3 Å². The number of aromatic nitrogens is 1. The minimum atomic E-state index is -1.06. The summed E-state index contributed by atoms with van der Waals surface area (Å²) in [5, 5.41) is 9.69. The third-order valence-electron chi connectivity index (χ3n) is 4.50. The Morgan fingerprint density at radius 3 is 2.81 bits per heavy atom. The number of rotatable bonds is 4. The van der Waals surface area contributed by atoms with Crippen LogP contribution in [0.4, 0.5) is 4.39 Å². The monoisotopic (exact) mass is 389 g/mol. The predicted molar refractivity (Wildman–Crippen MR) is 98.0 cm³/mol. The lowest BCUT2D eigenvalue weighted by Crippen LogP contribution is -2.33. The van der Waals surface area contributed by atoms with Crippen LogP contribution in [-0.2, 0) is 11.3 Å². The molecule has 0 bridgehead atoms. The summed E-state index contributed by atoms with van der Waals surface area (Å²) in [4.78, 5) is 13.2. The zero-order valence-corrected chi connectivity index (χ0v) is 15.5. The van der Waals surface area contributed by atoms with Gasteiger partial charge >= 0.3 is 0 Å². The van der Waals surface area contributed by atoms with Crippen molar-refractivity contribution in [2.75, 3.05) is 13.7 Å². The lowest BCUT2D eigenvalue weighted by Gasteiger charge is -2.28. The maximum atomic E-state index is 14.7. The zero-order valence-electron chi connectivity index (χ0n) is 14.8. The molecule has 0 radical (unpaired) electrons. The summed E-state index contributed by atoms with van der Waals surface area (Å²) in [6, 6.07) is 7.74. The van der Waals surface area contributed by atoms with Crippen LogP contribution in [-0.4, -0.2) is 18.3 Å². The fourth-order valence-electron chi connectivity index (χ4n) is 3.22. The van der Waals surface area contributed by atoms with E-state index in [9.17, 15) is 14.4 Å². The second-order valence-corrected chi connectivity index (χ2v) is 6.48. The Morgan fingerprint density at radius 1 is 1.44 bits per heavy atom. The average Bonchev–Trinajstić information content (AvgIpc) is 2.61. The number of nitriles is 1. The van der Waals surface area contributed by atoms with Gasteiger partial charge in [-0.1, -0.05) is 17.7 Å². The van der Waals surface area contributed by atoms with Crippen LogP contribution in [0.3, 0.4) is 0 Å². The Kier molecular flexibility index (Phi) is 5.22. The van der Waals surface area contributed by atoms with E-state index in [1.165, 1.54) is 29.9 Å². The Balaban J connectivity index is 2.34. The third kappa shape index (κ3) is 3.18. The summed E-state index contributed by atoms with van der Waals surface area (Å²) < 4.78 is 26.7. The first kappa shape index (κ1) is 19.0. The molecule has 0 saturated heterocycles. The van der Waals surface area contributed by atoms with Crippen LogP contribution in [0.25, 0.3) is 0 Å². The van der Waals surface area contributed by atoms with E-state index < -0.39 is 17.3 Å². The highest BCUT2D eigenvalue weighted by Gasteiger charge is 2.37. The maximum absolute atomic E-state index is 14.7. The SMILES string of the molecule is COCCn1c(C)cc2c(c1=O)[C@H](c1c(F)cccc1Cl)C(C#N)=C(N)O2. The quantitative estimate of drug-likeness (QED) is 0.868. The zero-order chi connectivity index (χ0) is 19.7. The first-order chi connectivity index (χ1) is 12.9. The third-order valence-corrected chi connectivity index (χ3v) is 4.83. The number of benzene rings is 1. The van der Waals surface area contributed by atoms with E-state index in [0.717, 1.165) is 0 Å². The van der Waals surface area contributed by atoms with E-state index in [2.05, 4.69) is 0 Å². The second-order valence-electron chi connectivity index (χ2n) is 6.07. The molecule has 8 heteroatoms. The highest BCUT2D eigenvalue weighted by Crippen LogP contribution is 2.43. The Hall–Kier alpha value is -2.82. The lowest BCUT2D eigenvalue weighted by molar-refractivity contribution is 0.185. The highest BCUT2D eigenvalue weighted by atomic mass is 35.5. The lowest BCUT2D eigenvalue weighted by atomic mass is 9.83. The van der Waals surface area contributed by atoms with Crippen LogP contribution in [0.15, 0.2) is 40.5 Å². The van der Waals surface area contributed by atoms with Crippen molar-refractivity contribution in [3.8, 4) is 11.8 Å². The van der Waals surface area contributed by atoms with E-state index >= 15 is 0 Å². The van der Waals surface area contributed by atoms with Crippen LogP contribution < -0.4 is 16.0 Å². The molecule has 1 aromatic carbocycles. The minimum absolute atomic E-state index is 0.0162. The van der Waals surface area contributed by atoms with Gasteiger partial charge in [0.25, 0.3) is 5.56 Å². The highest BCUT2D eigenvalue weighted by molar-refractivity contribution is 6.31. The standard InChI is InChI=1S/C19H17ClFN3O3/c1-10-8-14-17(19(25)24(10)6-7-26-2)15(11(9-22)18(23)27-14)16-12(20)4-3-5-13(16)21/h3-5,8,15H,6-7,23H2,1-2H3/t15-/m0/s1. The molecule has 2 heterocycles. The van der Waals surface area contributed by atoms with Gasteiger partial charge in [0, 0.05) is 36.0 Å². The van der Waals surface area contributed by atoms with E-state index in [4.69, 9.17) is 26.8 Å². The van der Waals surface area contributed by atoms with Gasteiger partial charge in [0.05, 0.1) is 18.1 Å². The van der Waals surface area contributed by atoms with Crippen molar-refractivity contribution < 1.29 is 13.9 Å². The van der Waals surface area contributed by atoms with Crippen LogP contribution in [0.5, 0.6) is 5.75 Å². The molecular formula is C19H17ClFN3O3. The number of hydrogen-bond donors (Lipinski definition) is 1. The van der Waals surface area contributed by atoms with Crippen LogP contribution >= 0.6 is 11.6 Å². The van der Waals surface area contributed by atoms with Gasteiger partial charge < -0.3 is 19.8 Å². The fourth-order valence-corrected chi connectivity index (χ4v) is 3.49. The van der Waals surface area contributed by atoms with Crippen molar-refractivity contribution in [3.63, 3.8) is 0 Å². The van der Waals surface area contributed by atoms with Gasteiger partial charge in [0.2, 0.25) is 5.88 Å². The molecule has 0 saturated carbocycles. The number of fused-ring (bicyclic) bond motifs is 1. The van der Waals surface area contributed by atoms with E-state index in [-0.39, 0.29) is 33.4 Å². The predicted octanol–water partition coefficient (Wildman–Crippen LogP) is 2.81. The van der Waals surface area contributed by atoms with E-state index in [0.29, 0.717) is 18.8 Å². The normalized spacial score (nSPS) is 15.9. The Morgan fingerprint density at radius 2 is 2.19 bits per heavy atom. The molecule has 0 spiro atoms. The molecule has 27 heavy (non-hydrogen) atoms. The number of hydrogen-bond acceptors (Lipinski definition) is 5. The van der Waals surface area contributed by atoms with Gasteiger partial charge in [-0.25, -0.2) is 4.39 Å². The molecule has 0 unspecified atom stereocenters. The summed E-state index contributed by atoms with van der Waals surface area (Å²) in [5.41, 5.74) is 6.18. The van der Waals surface area contributed by atoms with Crippen molar-refractivity contribution in [2.45, 2.75) is 19.4 Å². The molecule has 0 amide bonds. The molecule has 3 rings (SSSR count). The van der Waals surface area contributed by atoms with Gasteiger partial charge in [-0.05, 0) is 19.1 Å². The number of aryl methyl sites for hydroxylation is 1. The number of nitrogens with two attached hydrogens (primary N) is 1. The summed E-state index contributed by atoms with van der Waals surface area (Å²) in [7, 11) is 1.53. The summed E-state index contributed by atoms with van der Waals surface area (Å²) in [6.45, 7) is 2.35. The maximum Gasteiger partial charge on any atom is 0.258 e. The largest absolute Gasteiger partial charge is 0.440 e. The van der Waals surface area contributed by atoms with Crippen LogP contribution in [0.1, 0.15) is 22.7 Å². The number of nitrogens with zero attached hydrogens (tertiary/aromatic N) is 2. The smallest absolute Gasteiger partial charge is 0.258 e. The summed E-state index contributed by atoms with van der Waals surface area (Å²) >= 11 is 6.22. The van der Waals surface area contributed by atoms with E-state index in [1.54, 1.807) is 13.0 Å². The van der Waals surface area contributed by atoms with Gasteiger partial charge in [0.1, 0.15) is 23.2 Å². The van der Waals surface area contributed by atoms with Gasteiger partial charge in [0.15, 0.2) is 0 Å². The first-order valence-corrected chi connectivity index (χ1v) is 8.53. The van der Waals surface area contributed by atoms with E-state index in [1.807, 2.05) is 6.07 Å². The molecule has 1 atom stereocenters. The second kappa shape index (κ2) is 7.43. The van der Waals surface area contributed by atoms with Gasteiger partial charge in [-0.15, -0.1) is 0 Å². The Bertz CT molecular complexity index is 1020.